The van der Waals surface area contributed by atoms with Crippen LogP contribution in [0, 0.1) is 0 Å². The van der Waals surface area contributed by atoms with E-state index in [4.69, 9.17) is 28.8 Å². The van der Waals surface area contributed by atoms with E-state index in [9.17, 15) is 0 Å². The normalized spacial score (nSPS) is 25.6. The Morgan fingerprint density at radius 1 is 1.19 bits per heavy atom. The van der Waals surface area contributed by atoms with E-state index >= 15 is 0 Å². The molecule has 0 bridgehead atoms. The quantitative estimate of drug-likeness (QED) is 0.489. The van der Waals surface area contributed by atoms with Crippen LogP contribution in [0.3, 0.4) is 0 Å². The van der Waals surface area contributed by atoms with Crippen LogP contribution in [-0.2, 0) is 23.7 Å². The fourth-order valence-electron chi connectivity index (χ4n) is 0.876. The Balaban J connectivity index is 0.000000280. The van der Waals surface area contributed by atoms with Gasteiger partial charge in [-0.05, 0) is 0 Å². The zero-order valence-corrected chi connectivity index (χ0v) is 9.39. The van der Waals surface area contributed by atoms with E-state index in [1.807, 2.05) is 0 Å². The first kappa shape index (κ1) is 13.4. The van der Waals surface area contributed by atoms with Gasteiger partial charge in [0.05, 0.1) is 39.6 Å². The number of ether oxygens (including phenoxy) is 4. The van der Waals surface area contributed by atoms with E-state index in [-0.39, 0.29) is 0 Å². The predicted molar refractivity (Wildman–Crippen MR) is 54.4 cm³/mol. The fraction of sp³-hybridized carbons (Fsp3) is 0.900. The van der Waals surface area contributed by atoms with Crippen LogP contribution in [0.25, 0.3) is 0 Å². The molecule has 94 valence electrons. The van der Waals surface area contributed by atoms with Crippen LogP contribution in [0.4, 0.5) is 0 Å². The highest BCUT2D eigenvalue weighted by molar-refractivity contribution is 5.62. The van der Waals surface area contributed by atoms with Gasteiger partial charge in [-0.15, -0.1) is 0 Å². The minimum atomic E-state index is -0.833. The molecule has 2 saturated heterocycles. The molecule has 0 spiro atoms. The van der Waals surface area contributed by atoms with Crippen LogP contribution < -0.4 is 0 Å². The third kappa shape index (κ3) is 9.85. The van der Waals surface area contributed by atoms with Crippen LogP contribution in [-0.4, -0.2) is 62.9 Å². The molecular weight excluding hydrogens is 216 g/mol. The van der Waals surface area contributed by atoms with E-state index in [0.29, 0.717) is 38.6 Å². The van der Waals surface area contributed by atoms with Gasteiger partial charge >= 0.3 is 0 Å². The molecule has 0 amide bonds. The van der Waals surface area contributed by atoms with Crippen molar-refractivity contribution >= 4 is 5.97 Å². The highest BCUT2D eigenvalue weighted by Crippen LogP contribution is 2.09. The van der Waals surface area contributed by atoms with Crippen LogP contribution in [0.1, 0.15) is 6.92 Å². The van der Waals surface area contributed by atoms with Gasteiger partial charge in [-0.25, -0.2) is 0 Å². The first-order valence-corrected chi connectivity index (χ1v) is 5.26. The Hall–Kier alpha value is -0.690. The molecule has 2 unspecified atom stereocenters. The van der Waals surface area contributed by atoms with Crippen molar-refractivity contribution in [3.63, 3.8) is 0 Å². The summed E-state index contributed by atoms with van der Waals surface area (Å²) < 4.78 is 20.5. The van der Waals surface area contributed by atoms with E-state index < -0.39 is 5.97 Å². The van der Waals surface area contributed by atoms with Crippen LogP contribution in [0.5, 0.6) is 0 Å². The lowest BCUT2D eigenvalue weighted by Gasteiger charge is -2.02. The third-order valence-electron chi connectivity index (χ3n) is 1.78. The summed E-state index contributed by atoms with van der Waals surface area (Å²) in [5.74, 6) is -0.833. The van der Waals surface area contributed by atoms with Gasteiger partial charge in [0, 0.05) is 6.92 Å². The maximum Gasteiger partial charge on any atom is 0.300 e. The van der Waals surface area contributed by atoms with Gasteiger partial charge in [0.2, 0.25) is 0 Å². The van der Waals surface area contributed by atoms with Crippen molar-refractivity contribution in [2.75, 3.05) is 39.6 Å². The largest absolute Gasteiger partial charge is 0.481 e. The zero-order valence-electron chi connectivity index (χ0n) is 9.39. The Kier molecular flexibility index (Phi) is 6.32. The van der Waals surface area contributed by atoms with E-state index in [1.54, 1.807) is 0 Å². The van der Waals surface area contributed by atoms with Crippen molar-refractivity contribution in [3.05, 3.63) is 0 Å². The smallest absolute Gasteiger partial charge is 0.300 e. The zero-order chi connectivity index (χ0) is 11.8. The van der Waals surface area contributed by atoms with Gasteiger partial charge in [0.15, 0.2) is 0 Å². The summed E-state index contributed by atoms with van der Waals surface area (Å²) >= 11 is 0. The molecule has 6 nitrogen and oxygen atoms in total. The first-order chi connectivity index (χ1) is 7.68. The van der Waals surface area contributed by atoms with Crippen molar-refractivity contribution in [2.24, 2.45) is 0 Å². The molecule has 0 radical (unpaired) electrons. The molecule has 2 fully saturated rings. The minimum Gasteiger partial charge on any atom is -0.481 e. The molecule has 2 aliphatic heterocycles. The van der Waals surface area contributed by atoms with Crippen LogP contribution >= 0.6 is 0 Å². The molecular formula is C10H18O6. The Labute approximate surface area is 94.4 Å². The monoisotopic (exact) mass is 234 g/mol. The summed E-state index contributed by atoms with van der Waals surface area (Å²) in [6.45, 7) is 5.54. The summed E-state index contributed by atoms with van der Waals surface area (Å²) in [6.07, 6.45) is 0.716. The Morgan fingerprint density at radius 2 is 1.50 bits per heavy atom. The lowest BCUT2D eigenvalue weighted by molar-refractivity contribution is -0.134. The summed E-state index contributed by atoms with van der Waals surface area (Å²) in [4.78, 5) is 9.00. The topological polar surface area (TPSA) is 80.8 Å². The molecule has 0 aromatic rings. The molecule has 0 aromatic heterocycles. The number of hydrogen-bond acceptors (Lipinski definition) is 5. The average Bonchev–Trinajstić information content (AvgIpc) is 3.03. The number of hydrogen-bond donors (Lipinski definition) is 1. The second-order valence-corrected chi connectivity index (χ2v) is 3.58. The number of epoxide rings is 2. The molecule has 6 heteroatoms. The average molecular weight is 234 g/mol. The number of rotatable bonds is 7. The fourth-order valence-corrected chi connectivity index (χ4v) is 0.876. The van der Waals surface area contributed by atoms with E-state index in [1.165, 1.54) is 0 Å². The Bertz CT molecular complexity index is 179. The van der Waals surface area contributed by atoms with E-state index in [0.717, 1.165) is 20.1 Å². The molecule has 1 N–H and O–H groups in total. The number of carboxylic acids is 1. The van der Waals surface area contributed by atoms with Gasteiger partial charge in [-0.3, -0.25) is 4.79 Å². The molecule has 0 saturated carbocycles. The maximum atomic E-state index is 9.00. The minimum absolute atomic E-state index is 0.358. The molecule has 2 aliphatic rings. The molecule has 0 aliphatic carbocycles. The second kappa shape index (κ2) is 7.56. The number of aliphatic carboxylic acids is 1. The van der Waals surface area contributed by atoms with Gasteiger partial charge in [-0.2, -0.15) is 0 Å². The van der Waals surface area contributed by atoms with Crippen molar-refractivity contribution in [1.29, 1.82) is 0 Å². The van der Waals surface area contributed by atoms with Gasteiger partial charge < -0.3 is 24.1 Å². The highest BCUT2D eigenvalue weighted by Gasteiger charge is 2.23. The number of carboxylic acid groups (broad SMARTS) is 1. The third-order valence-corrected chi connectivity index (χ3v) is 1.78. The lowest BCUT2D eigenvalue weighted by Crippen LogP contribution is -2.10. The second-order valence-electron chi connectivity index (χ2n) is 3.58. The SMILES string of the molecule is C(COCC1CO1)OCC1CO1.CC(=O)O. The summed E-state index contributed by atoms with van der Waals surface area (Å²) in [5, 5.41) is 7.42. The van der Waals surface area contributed by atoms with E-state index in [2.05, 4.69) is 0 Å². The van der Waals surface area contributed by atoms with Gasteiger partial charge in [0.1, 0.15) is 12.2 Å². The summed E-state index contributed by atoms with van der Waals surface area (Å²) in [7, 11) is 0. The highest BCUT2D eigenvalue weighted by atomic mass is 16.6. The summed E-state index contributed by atoms with van der Waals surface area (Å²) in [5.41, 5.74) is 0. The summed E-state index contributed by atoms with van der Waals surface area (Å²) in [6, 6.07) is 0. The van der Waals surface area contributed by atoms with Crippen molar-refractivity contribution in [2.45, 2.75) is 19.1 Å². The molecule has 16 heavy (non-hydrogen) atoms. The molecule has 2 atom stereocenters. The number of carbonyl (C=O) groups is 1. The van der Waals surface area contributed by atoms with Crippen LogP contribution in [0.15, 0.2) is 0 Å². The molecule has 0 aromatic carbocycles. The van der Waals surface area contributed by atoms with Crippen molar-refractivity contribution in [1.82, 2.24) is 0 Å². The van der Waals surface area contributed by atoms with Crippen molar-refractivity contribution < 1.29 is 28.8 Å². The predicted octanol–water partition coefficient (Wildman–Crippen LogP) is -0.0919. The van der Waals surface area contributed by atoms with Gasteiger partial charge in [0.25, 0.3) is 5.97 Å². The molecule has 2 rings (SSSR count). The Morgan fingerprint density at radius 3 is 1.75 bits per heavy atom. The first-order valence-electron chi connectivity index (χ1n) is 5.26. The lowest BCUT2D eigenvalue weighted by atomic mass is 10.5. The standard InChI is InChI=1S/C8H14O4.C2H4O2/c1(9-3-7-5-11-7)2-10-4-8-6-12-8;1-2(3)4/h7-8H,1-6H2;1H3,(H,3,4). The van der Waals surface area contributed by atoms with Crippen LogP contribution in [0.2, 0.25) is 0 Å². The van der Waals surface area contributed by atoms with Crippen molar-refractivity contribution in [3.8, 4) is 0 Å². The molecule has 2 heterocycles. The maximum absolute atomic E-state index is 9.00. The van der Waals surface area contributed by atoms with Gasteiger partial charge in [-0.1, -0.05) is 0 Å².